The highest BCUT2D eigenvalue weighted by atomic mass is 19.1. The van der Waals surface area contributed by atoms with Gasteiger partial charge in [-0.2, -0.15) is 0 Å². The zero-order valence-corrected chi connectivity index (χ0v) is 25.6. The number of aliphatic hydroxyl groups is 2. The molecular weight excluding hydrogens is 540 g/mol. The van der Waals surface area contributed by atoms with Crippen LogP contribution in [0.5, 0.6) is 0 Å². The third-order valence-electron chi connectivity index (χ3n) is 7.75. The molecule has 2 aromatic carbocycles. The van der Waals surface area contributed by atoms with Gasteiger partial charge in [0, 0.05) is 49.9 Å². The first-order valence-electron chi connectivity index (χ1n) is 15.1. The van der Waals surface area contributed by atoms with Gasteiger partial charge in [0.1, 0.15) is 17.7 Å². The Labute approximate surface area is 248 Å². The maximum absolute atomic E-state index is 14.0. The number of hydrogen-bond donors (Lipinski definition) is 3. The van der Waals surface area contributed by atoms with Crippen molar-refractivity contribution in [2.45, 2.75) is 78.6 Å². The number of carbonyl (C=O) groups excluding carboxylic acids is 2. The molecule has 232 valence electrons. The summed E-state index contributed by atoms with van der Waals surface area (Å²) in [5, 5.41) is 25.1. The summed E-state index contributed by atoms with van der Waals surface area (Å²) in [5.41, 5.74) is 1.57. The SMILES string of the molecule is CCCN(CCC)C(=O)c1cc(C)cc(C(=O)N[C@@H](Cc2cc(F)cc(F)c2)C(O)[C@@H](O)CN2CC(C)CC(C)C2)c1. The first-order valence-corrected chi connectivity index (χ1v) is 15.1. The van der Waals surface area contributed by atoms with Gasteiger partial charge < -0.3 is 25.3 Å². The van der Waals surface area contributed by atoms with E-state index < -0.39 is 35.8 Å². The average molecular weight is 588 g/mol. The predicted molar refractivity (Wildman–Crippen MR) is 160 cm³/mol. The molecule has 0 spiro atoms. The van der Waals surface area contributed by atoms with E-state index in [1.807, 2.05) is 13.8 Å². The van der Waals surface area contributed by atoms with Gasteiger partial charge in [-0.15, -0.1) is 0 Å². The molecule has 42 heavy (non-hydrogen) atoms. The highest BCUT2D eigenvalue weighted by molar-refractivity contribution is 6.00. The summed E-state index contributed by atoms with van der Waals surface area (Å²) in [5.74, 6) is -1.36. The van der Waals surface area contributed by atoms with Crippen molar-refractivity contribution in [3.8, 4) is 0 Å². The predicted octanol–water partition coefficient (Wildman–Crippen LogP) is 4.58. The zero-order chi connectivity index (χ0) is 31.0. The molecule has 7 nitrogen and oxygen atoms in total. The van der Waals surface area contributed by atoms with Crippen LogP contribution in [0, 0.1) is 30.4 Å². The van der Waals surface area contributed by atoms with Crippen LogP contribution >= 0.6 is 0 Å². The van der Waals surface area contributed by atoms with Gasteiger partial charge in [0.25, 0.3) is 11.8 Å². The number of likely N-dealkylation sites (tertiary alicyclic amines) is 1. The van der Waals surface area contributed by atoms with Crippen molar-refractivity contribution in [2.24, 2.45) is 11.8 Å². The Morgan fingerprint density at radius 2 is 1.52 bits per heavy atom. The second-order valence-corrected chi connectivity index (χ2v) is 12.2. The molecule has 0 saturated carbocycles. The molecule has 3 N–H and O–H groups in total. The molecule has 3 unspecified atom stereocenters. The maximum Gasteiger partial charge on any atom is 0.253 e. The molecule has 1 aliphatic rings. The smallest absolute Gasteiger partial charge is 0.253 e. The van der Waals surface area contributed by atoms with Crippen molar-refractivity contribution >= 4 is 11.8 Å². The van der Waals surface area contributed by atoms with Crippen LogP contribution in [0.2, 0.25) is 0 Å². The van der Waals surface area contributed by atoms with Gasteiger partial charge in [0.2, 0.25) is 0 Å². The van der Waals surface area contributed by atoms with E-state index in [1.54, 1.807) is 24.0 Å². The number of piperidine rings is 1. The number of halogens is 2. The Bertz CT molecular complexity index is 1170. The van der Waals surface area contributed by atoms with Crippen molar-refractivity contribution in [3.05, 3.63) is 70.3 Å². The van der Waals surface area contributed by atoms with E-state index in [1.165, 1.54) is 6.07 Å². The molecule has 1 fully saturated rings. The number of aliphatic hydroxyl groups excluding tert-OH is 2. The van der Waals surface area contributed by atoms with E-state index in [-0.39, 0.29) is 30.0 Å². The van der Waals surface area contributed by atoms with Gasteiger partial charge in [0.05, 0.1) is 12.1 Å². The van der Waals surface area contributed by atoms with Crippen LogP contribution in [0.4, 0.5) is 8.78 Å². The van der Waals surface area contributed by atoms with Crippen molar-refractivity contribution in [1.29, 1.82) is 0 Å². The number of nitrogens with one attached hydrogen (secondary N) is 1. The molecule has 0 bridgehead atoms. The fourth-order valence-corrected chi connectivity index (χ4v) is 6.15. The molecule has 0 radical (unpaired) electrons. The van der Waals surface area contributed by atoms with Crippen molar-refractivity contribution in [2.75, 3.05) is 32.7 Å². The number of aryl methyl sites for hydroxylation is 1. The van der Waals surface area contributed by atoms with Crippen LogP contribution in [0.15, 0.2) is 36.4 Å². The number of hydrogen-bond acceptors (Lipinski definition) is 5. The minimum atomic E-state index is -1.41. The van der Waals surface area contributed by atoms with Crippen LogP contribution in [0.3, 0.4) is 0 Å². The lowest BCUT2D eigenvalue weighted by Crippen LogP contribution is -2.54. The molecule has 1 heterocycles. The minimum Gasteiger partial charge on any atom is -0.389 e. The van der Waals surface area contributed by atoms with Crippen LogP contribution in [-0.2, 0) is 6.42 Å². The summed E-state index contributed by atoms with van der Waals surface area (Å²) in [4.78, 5) is 30.7. The molecule has 1 aliphatic heterocycles. The number of amides is 2. The summed E-state index contributed by atoms with van der Waals surface area (Å²) in [6, 6.07) is 6.92. The molecule has 0 aromatic heterocycles. The Morgan fingerprint density at radius 3 is 2.10 bits per heavy atom. The van der Waals surface area contributed by atoms with Crippen LogP contribution in [-0.4, -0.2) is 82.8 Å². The Balaban J connectivity index is 1.86. The molecule has 2 amide bonds. The lowest BCUT2D eigenvalue weighted by Gasteiger charge is -2.37. The van der Waals surface area contributed by atoms with Gasteiger partial charge in [0.15, 0.2) is 0 Å². The van der Waals surface area contributed by atoms with Crippen molar-refractivity contribution in [1.82, 2.24) is 15.1 Å². The number of rotatable bonds is 13. The second-order valence-electron chi connectivity index (χ2n) is 12.2. The highest BCUT2D eigenvalue weighted by Gasteiger charge is 2.32. The Morgan fingerprint density at radius 1 is 0.952 bits per heavy atom. The Kier molecular flexibility index (Phi) is 12.4. The van der Waals surface area contributed by atoms with Crippen LogP contribution in [0.1, 0.15) is 78.8 Å². The normalized spacial score (nSPS) is 19.6. The van der Waals surface area contributed by atoms with E-state index in [0.29, 0.717) is 30.5 Å². The largest absolute Gasteiger partial charge is 0.389 e. The Hall–Kier alpha value is -2.88. The van der Waals surface area contributed by atoms with E-state index in [4.69, 9.17) is 0 Å². The summed E-state index contributed by atoms with van der Waals surface area (Å²) in [7, 11) is 0. The van der Waals surface area contributed by atoms with E-state index in [9.17, 15) is 28.6 Å². The average Bonchev–Trinajstić information content (AvgIpc) is 2.90. The molecule has 2 aromatic rings. The van der Waals surface area contributed by atoms with Gasteiger partial charge in [-0.05, 0) is 85.9 Å². The van der Waals surface area contributed by atoms with Gasteiger partial charge in [-0.1, -0.05) is 27.7 Å². The zero-order valence-electron chi connectivity index (χ0n) is 25.6. The molecule has 5 atom stereocenters. The first kappa shape index (κ1) is 33.6. The summed E-state index contributed by atoms with van der Waals surface area (Å²) in [6.45, 7) is 13.1. The molecule has 0 aliphatic carbocycles. The van der Waals surface area contributed by atoms with Crippen molar-refractivity contribution in [3.63, 3.8) is 0 Å². The van der Waals surface area contributed by atoms with Gasteiger partial charge in [-0.3, -0.25) is 9.59 Å². The van der Waals surface area contributed by atoms with Crippen LogP contribution < -0.4 is 5.32 Å². The van der Waals surface area contributed by atoms with E-state index >= 15 is 0 Å². The minimum absolute atomic E-state index is 0.107. The van der Waals surface area contributed by atoms with E-state index in [2.05, 4.69) is 24.1 Å². The second kappa shape index (κ2) is 15.5. The third kappa shape index (κ3) is 9.57. The lowest BCUT2D eigenvalue weighted by molar-refractivity contribution is -0.0292. The molecule has 3 rings (SSSR count). The standard InChI is InChI=1S/C33H47F2N3O4/c1-6-8-38(9-7-2)33(42)26-12-21(3)11-25(16-26)32(41)36-29(15-24-13-27(34)17-28(35)14-24)31(40)30(39)20-37-18-22(4)10-23(5)19-37/h11-14,16-17,22-23,29-31,39-40H,6-10,15,18-20H2,1-5H3,(H,36,41)/t22?,23?,29-,30-,31?/m0/s1. The summed E-state index contributed by atoms with van der Waals surface area (Å²) < 4.78 is 28.0. The van der Waals surface area contributed by atoms with Gasteiger partial charge in [-0.25, -0.2) is 8.78 Å². The first-order chi connectivity index (χ1) is 19.9. The highest BCUT2D eigenvalue weighted by Crippen LogP contribution is 2.22. The van der Waals surface area contributed by atoms with E-state index in [0.717, 1.165) is 56.1 Å². The van der Waals surface area contributed by atoms with Gasteiger partial charge >= 0.3 is 0 Å². The molecular formula is C33H47F2N3O4. The lowest BCUT2D eigenvalue weighted by atomic mass is 9.91. The quantitative estimate of drug-likeness (QED) is 0.319. The fraction of sp³-hybridized carbons (Fsp3) is 0.576. The fourth-order valence-electron chi connectivity index (χ4n) is 6.15. The third-order valence-corrected chi connectivity index (χ3v) is 7.75. The number of β-amino-alcohol motifs (C(OH)–C–C–N with tert-alkyl or cyclic N) is 1. The summed E-state index contributed by atoms with van der Waals surface area (Å²) >= 11 is 0. The maximum atomic E-state index is 14.0. The molecule has 1 saturated heterocycles. The number of carbonyl (C=O) groups is 2. The molecule has 9 heteroatoms. The monoisotopic (exact) mass is 587 g/mol. The summed E-state index contributed by atoms with van der Waals surface area (Å²) in [6.07, 6.45) is -0.0232. The topological polar surface area (TPSA) is 93.1 Å². The van der Waals surface area contributed by atoms with Crippen molar-refractivity contribution < 1.29 is 28.6 Å². The van der Waals surface area contributed by atoms with Crippen LogP contribution in [0.25, 0.3) is 0 Å². The number of benzene rings is 2. The number of nitrogens with zero attached hydrogens (tertiary/aromatic N) is 2.